The highest BCUT2D eigenvalue weighted by Crippen LogP contribution is 2.34. The van der Waals surface area contributed by atoms with Crippen LogP contribution >= 0.6 is 0 Å². The molecule has 0 aliphatic carbocycles. The summed E-state index contributed by atoms with van der Waals surface area (Å²) in [7, 11) is 1.65. The quantitative estimate of drug-likeness (QED) is 0.759. The van der Waals surface area contributed by atoms with E-state index < -0.39 is 0 Å². The van der Waals surface area contributed by atoms with Gasteiger partial charge in [0.1, 0.15) is 17.5 Å². The molecule has 0 fully saturated rings. The van der Waals surface area contributed by atoms with Crippen molar-refractivity contribution < 1.29 is 4.74 Å². The van der Waals surface area contributed by atoms with Crippen molar-refractivity contribution in [2.24, 2.45) is 0 Å². The summed E-state index contributed by atoms with van der Waals surface area (Å²) in [6, 6.07) is 11.7. The fourth-order valence-corrected chi connectivity index (χ4v) is 2.15. The maximum Gasteiger partial charge on any atom is 0.137 e. The smallest absolute Gasteiger partial charge is 0.137 e. The number of nitrogens with one attached hydrogen (secondary N) is 1. The van der Waals surface area contributed by atoms with Gasteiger partial charge in [0.25, 0.3) is 0 Å². The Labute approximate surface area is 110 Å². The first kappa shape index (κ1) is 11.3. The standard InChI is InChI=1S/C15H11N3O/c1-19-14-5-3-2-4-11(14)13-9-18-15-12(13)6-10(7-16)8-17-15/h2-6,8-9H,1H3,(H,17,18). The van der Waals surface area contributed by atoms with Gasteiger partial charge in [-0.05, 0) is 12.1 Å². The van der Waals surface area contributed by atoms with E-state index in [0.717, 1.165) is 27.9 Å². The lowest BCUT2D eigenvalue weighted by Crippen LogP contribution is -1.87. The number of nitrogens with zero attached hydrogens (tertiary/aromatic N) is 2. The van der Waals surface area contributed by atoms with Gasteiger partial charge in [-0.15, -0.1) is 0 Å². The molecular formula is C15H11N3O. The summed E-state index contributed by atoms with van der Waals surface area (Å²) < 4.78 is 5.38. The lowest BCUT2D eigenvalue weighted by Gasteiger charge is -2.06. The fraction of sp³-hybridized carbons (Fsp3) is 0.0667. The third-order valence-electron chi connectivity index (χ3n) is 3.06. The van der Waals surface area contributed by atoms with Crippen molar-refractivity contribution in [2.45, 2.75) is 0 Å². The van der Waals surface area contributed by atoms with Gasteiger partial charge in [0, 0.05) is 28.9 Å². The Balaban J connectivity index is 2.28. The normalized spacial score (nSPS) is 10.3. The Bertz CT molecular complexity index is 783. The van der Waals surface area contributed by atoms with Gasteiger partial charge in [-0.1, -0.05) is 18.2 Å². The van der Waals surface area contributed by atoms with Gasteiger partial charge in [-0.25, -0.2) is 4.98 Å². The Morgan fingerprint density at radius 3 is 2.89 bits per heavy atom. The van der Waals surface area contributed by atoms with Gasteiger partial charge >= 0.3 is 0 Å². The number of rotatable bonds is 2. The molecule has 1 N–H and O–H groups in total. The second-order valence-corrected chi connectivity index (χ2v) is 4.13. The second kappa shape index (κ2) is 4.46. The number of methoxy groups -OCH3 is 1. The largest absolute Gasteiger partial charge is 0.496 e. The number of hydrogen-bond acceptors (Lipinski definition) is 3. The van der Waals surface area contributed by atoms with Crippen LogP contribution in [0.5, 0.6) is 5.75 Å². The molecule has 2 aromatic heterocycles. The summed E-state index contributed by atoms with van der Waals surface area (Å²) in [6.45, 7) is 0. The zero-order chi connectivity index (χ0) is 13.2. The molecule has 0 aliphatic rings. The molecule has 92 valence electrons. The van der Waals surface area contributed by atoms with Crippen molar-refractivity contribution in [3.05, 3.63) is 48.3 Å². The predicted octanol–water partition coefficient (Wildman–Crippen LogP) is 3.11. The summed E-state index contributed by atoms with van der Waals surface area (Å²) >= 11 is 0. The van der Waals surface area contributed by atoms with Crippen LogP contribution in [-0.4, -0.2) is 17.1 Å². The Morgan fingerprint density at radius 1 is 1.26 bits per heavy atom. The topological polar surface area (TPSA) is 61.7 Å². The summed E-state index contributed by atoms with van der Waals surface area (Å²) in [5.74, 6) is 0.797. The lowest BCUT2D eigenvalue weighted by atomic mass is 10.0. The van der Waals surface area contributed by atoms with Gasteiger partial charge < -0.3 is 9.72 Å². The molecule has 19 heavy (non-hydrogen) atoms. The molecule has 4 heteroatoms. The molecule has 3 rings (SSSR count). The zero-order valence-electron chi connectivity index (χ0n) is 10.3. The van der Waals surface area contributed by atoms with E-state index in [9.17, 15) is 0 Å². The Morgan fingerprint density at radius 2 is 2.11 bits per heavy atom. The maximum absolute atomic E-state index is 8.97. The third kappa shape index (κ3) is 1.81. The molecule has 0 amide bonds. The average molecular weight is 249 g/mol. The molecule has 0 spiro atoms. The van der Waals surface area contributed by atoms with E-state index in [4.69, 9.17) is 10.00 Å². The minimum atomic E-state index is 0.545. The van der Waals surface area contributed by atoms with Crippen LogP contribution in [0.25, 0.3) is 22.2 Å². The highest BCUT2D eigenvalue weighted by molar-refractivity contribution is 5.95. The first-order valence-electron chi connectivity index (χ1n) is 5.84. The number of aromatic amines is 1. The van der Waals surface area contributed by atoms with Gasteiger partial charge in [0.2, 0.25) is 0 Å². The fourth-order valence-electron chi connectivity index (χ4n) is 2.15. The lowest BCUT2D eigenvalue weighted by molar-refractivity contribution is 0.416. The molecule has 3 aromatic rings. The number of para-hydroxylation sites is 1. The highest BCUT2D eigenvalue weighted by atomic mass is 16.5. The molecule has 0 saturated carbocycles. The van der Waals surface area contributed by atoms with E-state index in [1.54, 1.807) is 13.3 Å². The van der Waals surface area contributed by atoms with Crippen molar-refractivity contribution in [3.8, 4) is 22.9 Å². The molecule has 0 saturated heterocycles. The van der Waals surface area contributed by atoms with Crippen molar-refractivity contribution >= 4 is 11.0 Å². The Kier molecular flexibility index (Phi) is 2.66. The molecule has 0 aliphatic heterocycles. The minimum absolute atomic E-state index is 0.545. The number of pyridine rings is 1. The van der Waals surface area contributed by atoms with E-state index in [-0.39, 0.29) is 0 Å². The zero-order valence-corrected chi connectivity index (χ0v) is 10.3. The van der Waals surface area contributed by atoms with Gasteiger partial charge in [0.15, 0.2) is 0 Å². The minimum Gasteiger partial charge on any atom is -0.496 e. The molecule has 2 heterocycles. The summed E-state index contributed by atoms with van der Waals surface area (Å²) in [4.78, 5) is 7.35. The van der Waals surface area contributed by atoms with E-state index >= 15 is 0 Å². The molecule has 4 nitrogen and oxygen atoms in total. The average Bonchev–Trinajstić information content (AvgIpc) is 2.89. The van der Waals surface area contributed by atoms with E-state index in [0.29, 0.717) is 5.56 Å². The SMILES string of the molecule is COc1ccccc1-c1c[nH]c2ncc(C#N)cc12. The van der Waals surface area contributed by atoms with Gasteiger partial charge in [-0.3, -0.25) is 0 Å². The molecule has 0 bridgehead atoms. The van der Waals surface area contributed by atoms with E-state index in [1.807, 2.05) is 36.5 Å². The van der Waals surface area contributed by atoms with Crippen LogP contribution in [-0.2, 0) is 0 Å². The second-order valence-electron chi connectivity index (χ2n) is 4.13. The van der Waals surface area contributed by atoms with Gasteiger partial charge in [-0.2, -0.15) is 5.26 Å². The number of ether oxygens (including phenoxy) is 1. The van der Waals surface area contributed by atoms with Crippen molar-refractivity contribution in [2.75, 3.05) is 7.11 Å². The number of benzene rings is 1. The first-order valence-corrected chi connectivity index (χ1v) is 5.84. The number of aromatic nitrogens is 2. The maximum atomic E-state index is 8.97. The van der Waals surface area contributed by atoms with Crippen LogP contribution in [0.1, 0.15) is 5.56 Å². The summed E-state index contributed by atoms with van der Waals surface area (Å²) in [5.41, 5.74) is 3.27. The van der Waals surface area contributed by atoms with Crippen molar-refractivity contribution in [1.29, 1.82) is 5.26 Å². The predicted molar refractivity (Wildman–Crippen MR) is 72.8 cm³/mol. The van der Waals surface area contributed by atoms with Crippen LogP contribution in [0.2, 0.25) is 0 Å². The summed E-state index contributed by atoms with van der Waals surface area (Å²) in [5, 5.41) is 9.89. The number of nitriles is 1. The van der Waals surface area contributed by atoms with Crippen LogP contribution < -0.4 is 4.74 Å². The van der Waals surface area contributed by atoms with Crippen LogP contribution in [0.15, 0.2) is 42.7 Å². The molecular weight excluding hydrogens is 238 g/mol. The van der Waals surface area contributed by atoms with E-state index in [1.165, 1.54) is 0 Å². The summed E-state index contributed by atoms with van der Waals surface area (Å²) in [6.07, 6.45) is 3.45. The van der Waals surface area contributed by atoms with Crippen molar-refractivity contribution in [3.63, 3.8) is 0 Å². The number of H-pyrrole nitrogens is 1. The number of fused-ring (bicyclic) bond motifs is 1. The molecule has 0 atom stereocenters. The third-order valence-corrected chi connectivity index (χ3v) is 3.06. The monoisotopic (exact) mass is 249 g/mol. The molecule has 1 aromatic carbocycles. The van der Waals surface area contributed by atoms with Crippen LogP contribution in [0, 0.1) is 11.3 Å². The number of hydrogen-bond donors (Lipinski definition) is 1. The molecule has 0 radical (unpaired) electrons. The first-order chi connectivity index (χ1) is 9.33. The van der Waals surface area contributed by atoms with Gasteiger partial charge in [0.05, 0.1) is 12.7 Å². The highest BCUT2D eigenvalue weighted by Gasteiger charge is 2.11. The Hall–Kier alpha value is -2.80. The van der Waals surface area contributed by atoms with Crippen LogP contribution in [0.3, 0.4) is 0 Å². The van der Waals surface area contributed by atoms with Crippen molar-refractivity contribution in [1.82, 2.24) is 9.97 Å². The van der Waals surface area contributed by atoms with Crippen LogP contribution in [0.4, 0.5) is 0 Å². The van der Waals surface area contributed by atoms with E-state index in [2.05, 4.69) is 16.0 Å². The molecule has 0 unspecified atom stereocenters.